The van der Waals surface area contributed by atoms with Gasteiger partial charge in [0.15, 0.2) is 5.75 Å². The summed E-state index contributed by atoms with van der Waals surface area (Å²) >= 11 is 14.0. The summed E-state index contributed by atoms with van der Waals surface area (Å²) in [6.07, 6.45) is 2.47. The molecule has 1 aliphatic rings. The molecule has 1 fully saturated rings. The Labute approximate surface area is 250 Å². The van der Waals surface area contributed by atoms with Gasteiger partial charge in [0.05, 0.1) is 28.9 Å². The summed E-state index contributed by atoms with van der Waals surface area (Å²) in [6, 6.07) is 5.68. The molecule has 3 rings (SSSR count). The predicted octanol–water partition coefficient (Wildman–Crippen LogP) is 5.33. The van der Waals surface area contributed by atoms with Gasteiger partial charge in [0.2, 0.25) is 11.8 Å². The third kappa shape index (κ3) is 7.98. The summed E-state index contributed by atoms with van der Waals surface area (Å²) in [5.41, 5.74) is 2.59. The number of hydrogen-bond donors (Lipinski definition) is 1. The van der Waals surface area contributed by atoms with Crippen LogP contribution < -0.4 is 9.50 Å². The fourth-order valence-corrected chi connectivity index (χ4v) is 5.58. The van der Waals surface area contributed by atoms with E-state index in [0.717, 1.165) is 47.9 Å². The Morgan fingerprint density at radius 1 is 1.22 bits per heavy atom. The predicted molar refractivity (Wildman–Crippen MR) is 153 cm³/mol. The van der Waals surface area contributed by atoms with E-state index in [9.17, 15) is 9.59 Å². The zero-order chi connectivity index (χ0) is 25.7. The molecule has 7 nitrogen and oxygen atoms in total. The molecule has 12 heteroatoms. The normalized spacial score (nSPS) is 14.9. The molecule has 1 unspecified atom stereocenters. The third-order valence-electron chi connectivity index (χ3n) is 6.33. The first-order valence-electron chi connectivity index (χ1n) is 11.7. The smallest absolute Gasteiger partial charge is 0.241 e. The monoisotopic (exact) mass is 763 g/mol. The van der Waals surface area contributed by atoms with E-state index in [1.165, 1.54) is 0 Å². The molecule has 195 valence electrons. The van der Waals surface area contributed by atoms with Gasteiger partial charge in [0, 0.05) is 70.5 Å². The minimum Gasteiger partial charge on any atom is -0.420 e. The molecule has 0 spiro atoms. The van der Waals surface area contributed by atoms with Crippen molar-refractivity contribution in [2.24, 2.45) is 18.9 Å². The van der Waals surface area contributed by atoms with Crippen molar-refractivity contribution in [3.63, 3.8) is 0 Å². The molecule has 0 saturated carbocycles. The van der Waals surface area contributed by atoms with E-state index in [1.54, 1.807) is 6.07 Å². The largest absolute Gasteiger partial charge is 0.420 e. The van der Waals surface area contributed by atoms with E-state index in [4.69, 9.17) is 27.4 Å². The molecule has 36 heavy (non-hydrogen) atoms. The van der Waals surface area contributed by atoms with Crippen LogP contribution in [0.4, 0.5) is 0 Å². The summed E-state index contributed by atoms with van der Waals surface area (Å²) in [7, 11) is 4.32. The van der Waals surface area contributed by atoms with Crippen LogP contribution in [0.15, 0.2) is 18.2 Å². The summed E-state index contributed by atoms with van der Waals surface area (Å²) in [6.45, 7) is 7.42. The summed E-state index contributed by atoms with van der Waals surface area (Å²) in [5, 5.41) is 8.22. The first-order chi connectivity index (χ1) is 16.6. The van der Waals surface area contributed by atoms with Crippen molar-refractivity contribution in [2.45, 2.75) is 46.0 Å². The van der Waals surface area contributed by atoms with Crippen LogP contribution in [0.5, 0.6) is 5.75 Å². The van der Waals surface area contributed by atoms with Gasteiger partial charge in [0.1, 0.15) is 5.02 Å². The summed E-state index contributed by atoms with van der Waals surface area (Å²) < 4.78 is 7.28. The fraction of sp³-hybridized carbons (Fsp3) is 0.542. The van der Waals surface area contributed by atoms with Crippen LogP contribution in [-0.4, -0.2) is 73.4 Å². The van der Waals surface area contributed by atoms with E-state index in [1.807, 2.05) is 35.7 Å². The molecule has 1 aromatic heterocycles. The van der Waals surface area contributed by atoms with Gasteiger partial charge in [-0.1, -0.05) is 44.0 Å². The van der Waals surface area contributed by atoms with Crippen LogP contribution in [0.1, 0.15) is 51.6 Å². The van der Waals surface area contributed by atoms with Gasteiger partial charge < -0.3 is 14.4 Å². The molecule has 1 aromatic carbocycles. The van der Waals surface area contributed by atoms with Gasteiger partial charge in [-0.15, -0.1) is 0 Å². The zero-order valence-corrected chi connectivity index (χ0v) is 29.1. The van der Waals surface area contributed by atoms with Crippen LogP contribution in [0.2, 0.25) is 10.0 Å². The maximum absolute atomic E-state index is 12.6. The molecule has 0 bridgehead atoms. The molecule has 1 radical (unpaired) electrons. The maximum Gasteiger partial charge on any atom is 0.241 e. The Bertz CT molecular complexity index is 1060. The number of carbonyl (C=O) groups is 2. The second kappa shape index (κ2) is 14.6. The summed E-state index contributed by atoms with van der Waals surface area (Å²) in [5.74, 6) is 1.03. The number of aryl methyl sites for hydroxylation is 1. The molecular weight excluding hydrogens is 731 g/mol. The van der Waals surface area contributed by atoms with Gasteiger partial charge in [-0.2, -0.15) is 5.10 Å². The Hall–Kier alpha value is -0.548. The van der Waals surface area contributed by atoms with Crippen molar-refractivity contribution < 1.29 is 13.8 Å². The molecular formula is C24H33Cl2N4O3PSTl. The van der Waals surface area contributed by atoms with E-state index in [-0.39, 0.29) is 57.5 Å². The number of carbonyl (C=O) groups excluding carboxylic acids is 2. The van der Waals surface area contributed by atoms with E-state index < -0.39 is 0 Å². The topological polar surface area (TPSA) is 76.5 Å². The maximum atomic E-state index is 12.6. The molecule has 2 atom stereocenters. The minimum absolute atomic E-state index is 0. The van der Waals surface area contributed by atoms with Crippen LogP contribution in [0, 0.1) is 11.8 Å². The van der Waals surface area contributed by atoms with E-state index >= 15 is 0 Å². The zero-order valence-electron chi connectivity index (χ0n) is 21.1. The molecule has 1 saturated heterocycles. The Balaban J connectivity index is 0.00000456. The number of halogens is 2. The van der Waals surface area contributed by atoms with Crippen LogP contribution in [0.3, 0.4) is 0 Å². The third-order valence-corrected chi connectivity index (χ3v) is 7.76. The molecule has 2 amide bonds. The molecule has 0 aliphatic carbocycles. The standard InChI is InChI=1S/C24H33Cl2N4O3PS.Tl/c1-14(2)11-15(3)24(32)27-13-21(31)30-9-7-16(8-10-30)19-12-18(28-29(19)4)17-5-6-20(33-35-34)23(26)22(17)25;/h5-6,12,14-16H,7-11,13,34H2,1-4H3,(H,27,32);/t15-;/m1./s1. The van der Waals surface area contributed by atoms with Crippen molar-refractivity contribution in [1.82, 2.24) is 20.0 Å². The second-order valence-corrected chi connectivity index (χ2v) is 11.1. The molecule has 2 aromatic rings. The quantitative estimate of drug-likeness (QED) is 0.213. The van der Waals surface area contributed by atoms with Crippen molar-refractivity contribution in [3.8, 4) is 17.0 Å². The minimum atomic E-state index is -0.0933. The van der Waals surface area contributed by atoms with Crippen LogP contribution in [-0.2, 0) is 16.6 Å². The average Bonchev–Trinajstić information content (AvgIpc) is 3.21. The molecule has 1 aliphatic heterocycles. The van der Waals surface area contributed by atoms with Gasteiger partial charge in [-0.05, 0) is 51.8 Å². The van der Waals surface area contributed by atoms with Gasteiger partial charge in [0.25, 0.3) is 0 Å². The van der Waals surface area contributed by atoms with Crippen LogP contribution in [0.25, 0.3) is 11.3 Å². The summed E-state index contributed by atoms with van der Waals surface area (Å²) in [4.78, 5) is 26.7. The first kappa shape index (κ1) is 31.7. The van der Waals surface area contributed by atoms with Gasteiger partial charge in [-0.3, -0.25) is 14.3 Å². The average molecular weight is 764 g/mol. The van der Waals surface area contributed by atoms with Crippen molar-refractivity contribution >= 4 is 82.4 Å². The number of hydrogen-bond acceptors (Lipinski definition) is 5. The SMILES string of the molecule is CC(C)C[C@@H](C)C(=O)NCC(=O)N1CCC(c2cc(-c3ccc(OSP)c(Cl)c3Cl)nn2C)CC1.[Tl]. The molecule has 1 N–H and O–H groups in total. The number of nitrogens with one attached hydrogen (secondary N) is 1. The van der Waals surface area contributed by atoms with Crippen molar-refractivity contribution in [1.29, 1.82) is 0 Å². The van der Waals surface area contributed by atoms with E-state index in [2.05, 4.69) is 32.7 Å². The van der Waals surface area contributed by atoms with E-state index in [0.29, 0.717) is 34.8 Å². The van der Waals surface area contributed by atoms with Gasteiger partial charge >= 0.3 is 0 Å². The number of benzene rings is 1. The Morgan fingerprint density at radius 3 is 2.50 bits per heavy atom. The second-order valence-electron chi connectivity index (χ2n) is 9.40. The van der Waals surface area contributed by atoms with Crippen molar-refractivity contribution in [3.05, 3.63) is 33.9 Å². The molecule has 2 heterocycles. The fourth-order valence-electron chi connectivity index (χ4n) is 4.53. The number of amides is 2. The number of piperidine rings is 1. The number of aromatic nitrogens is 2. The van der Waals surface area contributed by atoms with Crippen LogP contribution >= 0.6 is 43.3 Å². The van der Waals surface area contributed by atoms with Crippen molar-refractivity contribution in [2.75, 3.05) is 19.6 Å². The number of likely N-dealkylation sites (tertiary alicyclic amines) is 1. The Morgan fingerprint density at radius 2 is 1.89 bits per heavy atom. The number of rotatable bonds is 9. The van der Waals surface area contributed by atoms with Gasteiger partial charge in [-0.25, -0.2) is 0 Å². The number of nitrogens with zero attached hydrogens (tertiary/aromatic N) is 3. The first-order valence-corrected chi connectivity index (χ1v) is 14.7. The Kier molecular flexibility index (Phi) is 12.8.